The molecule has 44 valence electrons. The van der Waals surface area contributed by atoms with Gasteiger partial charge in [0.25, 0.3) is 0 Å². The first kappa shape index (κ1) is 38.3. The van der Waals surface area contributed by atoms with Crippen molar-refractivity contribution in [2.45, 2.75) is 0 Å². The zero-order valence-electron chi connectivity index (χ0n) is 3.60. The molecule has 0 aliphatic carbocycles. The molecular weight excluding hydrogens is 258 g/mol. The number of hydrogen-bond acceptors (Lipinski definition) is 2. The van der Waals surface area contributed by atoms with Crippen molar-refractivity contribution in [3.8, 4) is 0 Å². The summed E-state index contributed by atoms with van der Waals surface area (Å²) in [7, 11) is 0. The van der Waals surface area contributed by atoms with Crippen molar-refractivity contribution in [2.24, 2.45) is 0 Å². The Morgan fingerprint density at radius 3 is 0.857 bits per heavy atom. The van der Waals surface area contributed by atoms with E-state index in [1.807, 2.05) is 0 Å². The van der Waals surface area contributed by atoms with Crippen LogP contribution in [-0.4, -0.2) is 28.0 Å². The second-order valence-electron chi connectivity index (χ2n) is 0.141. The van der Waals surface area contributed by atoms with Crippen molar-refractivity contribution in [3.05, 3.63) is 0 Å². The van der Waals surface area contributed by atoms with E-state index >= 15 is 0 Å². The smallest absolute Gasteiger partial charge is 0.140 e. The third-order valence-corrected chi connectivity index (χ3v) is 0. The molecule has 0 aromatic rings. The topological polar surface area (TPSA) is 103 Å². The van der Waals surface area contributed by atoms with E-state index in [4.69, 9.17) is 10.2 Å². The maximum Gasteiger partial charge on any atom is 0.140 e. The number of aliphatic hydroxyl groups excluding tert-OH is 1. The van der Waals surface area contributed by atoms with Crippen LogP contribution < -0.4 is 0 Å². The summed E-state index contributed by atoms with van der Waals surface area (Å²) in [5.41, 5.74) is 0. The third kappa shape index (κ3) is 92.7. The van der Waals surface area contributed by atoms with Crippen LogP contribution >= 0.6 is 0 Å². The Morgan fingerprint density at radius 2 is 0.857 bits per heavy atom. The third-order valence-electron chi connectivity index (χ3n) is 0. The minimum atomic E-state index is -0.750. The Balaban J connectivity index is -0.00000000333. The van der Waals surface area contributed by atoms with Crippen LogP contribution in [0.5, 0.6) is 0 Å². The molecule has 0 aliphatic heterocycles. The number of aliphatic hydroxyl groups is 2. The summed E-state index contributed by atoms with van der Waals surface area (Å²) in [5, 5.41) is 14.2. The summed E-state index contributed by atoms with van der Waals surface area (Å²) in [4.78, 5) is 0. The van der Waals surface area contributed by atoms with E-state index in [1.54, 1.807) is 0 Å². The van der Waals surface area contributed by atoms with Gasteiger partial charge in [-0.1, -0.05) is 0 Å². The fourth-order valence-corrected chi connectivity index (χ4v) is 0. The molecule has 0 radical (unpaired) electrons. The molecule has 0 aliphatic rings. The molecule has 0 rings (SSSR count). The molecule has 0 aromatic heterocycles. The van der Waals surface area contributed by atoms with Crippen molar-refractivity contribution in [1.82, 2.24) is 0 Å². The van der Waals surface area contributed by atoms with E-state index in [0.29, 0.717) is 0 Å². The summed E-state index contributed by atoms with van der Waals surface area (Å²) in [5.74, 6) is 0. The molecule has 0 saturated heterocycles. The molecular formula is CH8O4Zr2. The maximum absolute atomic E-state index is 7.12. The van der Waals surface area contributed by atoms with Gasteiger partial charge in [0.1, 0.15) is 6.79 Å². The van der Waals surface area contributed by atoms with Crippen LogP contribution in [0.1, 0.15) is 0 Å². The molecule has 0 unspecified atom stereocenters. The Labute approximate surface area is 79.8 Å². The average Bonchev–Trinajstić information content (AvgIpc) is 0.918. The van der Waals surface area contributed by atoms with E-state index in [9.17, 15) is 0 Å². The fourth-order valence-electron chi connectivity index (χ4n) is 0. The van der Waals surface area contributed by atoms with Crippen molar-refractivity contribution in [1.29, 1.82) is 0 Å². The second kappa shape index (κ2) is 48.9. The largest absolute Gasteiger partial charge is 0.412 e. The van der Waals surface area contributed by atoms with Gasteiger partial charge in [-0.05, 0) is 0 Å². The molecule has 4 nitrogen and oxygen atoms in total. The van der Waals surface area contributed by atoms with Crippen molar-refractivity contribution in [3.63, 3.8) is 0 Å². The first-order valence-electron chi connectivity index (χ1n) is 0.632. The van der Waals surface area contributed by atoms with Crippen LogP contribution in [0.2, 0.25) is 0 Å². The predicted molar refractivity (Wildman–Crippen MR) is 16.5 cm³/mol. The van der Waals surface area contributed by atoms with E-state index < -0.39 is 6.79 Å². The monoisotopic (exact) mass is 264 g/mol. The molecule has 0 amide bonds. The summed E-state index contributed by atoms with van der Waals surface area (Å²) in [6, 6.07) is 0. The van der Waals surface area contributed by atoms with E-state index in [0.717, 1.165) is 0 Å². The Morgan fingerprint density at radius 1 is 0.857 bits per heavy atom. The van der Waals surface area contributed by atoms with Gasteiger partial charge in [0, 0.05) is 52.4 Å². The summed E-state index contributed by atoms with van der Waals surface area (Å²) in [6.07, 6.45) is 0. The van der Waals surface area contributed by atoms with Gasteiger partial charge in [0.15, 0.2) is 0 Å². The second-order valence-corrected chi connectivity index (χ2v) is 0.141. The van der Waals surface area contributed by atoms with E-state index in [1.165, 1.54) is 0 Å². The maximum atomic E-state index is 7.12. The molecule has 0 bridgehead atoms. The minimum absolute atomic E-state index is 0. The van der Waals surface area contributed by atoms with Gasteiger partial charge in [-0.3, -0.25) is 0 Å². The quantitative estimate of drug-likeness (QED) is 0.465. The summed E-state index contributed by atoms with van der Waals surface area (Å²) < 4.78 is 0. The van der Waals surface area contributed by atoms with Gasteiger partial charge < -0.3 is 21.2 Å². The zero-order valence-corrected chi connectivity index (χ0v) is 8.52. The number of rotatable bonds is 0. The van der Waals surface area contributed by atoms with Crippen LogP contribution in [0.4, 0.5) is 0 Å². The van der Waals surface area contributed by atoms with Gasteiger partial charge in [-0.25, -0.2) is 0 Å². The van der Waals surface area contributed by atoms with Crippen molar-refractivity contribution < 1.29 is 73.6 Å². The zero-order chi connectivity index (χ0) is 2.71. The van der Waals surface area contributed by atoms with Gasteiger partial charge in [-0.15, -0.1) is 0 Å². The molecule has 0 atom stereocenters. The Kier molecular flexibility index (Phi) is 267. The van der Waals surface area contributed by atoms with Crippen LogP contribution in [-0.2, 0) is 52.4 Å². The summed E-state index contributed by atoms with van der Waals surface area (Å²) >= 11 is 0. The molecule has 0 saturated carbocycles. The predicted octanol–water partition coefficient (Wildman–Crippen LogP) is -2.73. The first-order valence-corrected chi connectivity index (χ1v) is 0.632. The van der Waals surface area contributed by atoms with Crippen LogP contribution in [0.15, 0.2) is 0 Å². The van der Waals surface area contributed by atoms with Crippen LogP contribution in [0, 0.1) is 0 Å². The Bertz CT molecular complexity index is 9.65. The molecule has 0 spiro atoms. The molecule has 0 heterocycles. The normalized spacial score (nSPS) is 2.57. The van der Waals surface area contributed by atoms with Crippen LogP contribution in [0.25, 0.3) is 0 Å². The molecule has 0 fully saturated rings. The molecule has 6 heteroatoms. The van der Waals surface area contributed by atoms with E-state index in [2.05, 4.69) is 0 Å². The molecule has 0 aromatic carbocycles. The number of hydrogen-bond donors (Lipinski definition) is 2. The summed E-state index contributed by atoms with van der Waals surface area (Å²) in [6.45, 7) is -0.750. The van der Waals surface area contributed by atoms with Crippen molar-refractivity contribution in [2.75, 3.05) is 6.79 Å². The molecule has 7 heavy (non-hydrogen) atoms. The first-order chi connectivity index (χ1) is 1.41. The standard InChI is InChI=1S/CH4O2.2H2O.2Zr/c2-1-3;;;;/h2-3H,1H2;2*1H2;;. The fraction of sp³-hybridized carbons (Fsp3) is 1.00. The van der Waals surface area contributed by atoms with E-state index in [-0.39, 0.29) is 63.4 Å². The molecule has 6 N–H and O–H groups in total. The van der Waals surface area contributed by atoms with Gasteiger partial charge in [0.2, 0.25) is 0 Å². The van der Waals surface area contributed by atoms with Gasteiger partial charge in [-0.2, -0.15) is 0 Å². The van der Waals surface area contributed by atoms with Crippen LogP contribution in [0.3, 0.4) is 0 Å². The van der Waals surface area contributed by atoms with Crippen molar-refractivity contribution >= 4 is 0 Å². The Hall–Kier alpha value is 1.61. The van der Waals surface area contributed by atoms with Gasteiger partial charge >= 0.3 is 0 Å². The SMILES string of the molecule is O.O.OCO.[Zr].[Zr]. The average molecular weight is 267 g/mol. The minimum Gasteiger partial charge on any atom is -0.412 e. The van der Waals surface area contributed by atoms with Gasteiger partial charge in [0.05, 0.1) is 0 Å².